The van der Waals surface area contributed by atoms with Crippen LogP contribution in [-0.2, 0) is 0 Å². The fraction of sp³-hybridized carbons (Fsp3) is 0.333. The van der Waals surface area contributed by atoms with Crippen LogP contribution in [0.15, 0.2) is 30.3 Å². The van der Waals surface area contributed by atoms with E-state index in [1.165, 1.54) is 5.69 Å². The van der Waals surface area contributed by atoms with Crippen molar-refractivity contribution in [3.05, 3.63) is 30.3 Å². The molecule has 0 unspecified atom stereocenters. The Morgan fingerprint density at radius 3 is 2.55 bits per heavy atom. The summed E-state index contributed by atoms with van der Waals surface area (Å²) in [5, 5.41) is 3.30. The van der Waals surface area contributed by atoms with Crippen molar-refractivity contribution in [1.29, 1.82) is 0 Å². The van der Waals surface area contributed by atoms with Gasteiger partial charge in [-0.15, -0.1) is 0 Å². The number of para-hydroxylation sites is 1. The summed E-state index contributed by atoms with van der Waals surface area (Å²) in [7, 11) is 0. The molecule has 0 aliphatic rings. The smallest absolute Gasteiger partial charge is 0.0340 e. The van der Waals surface area contributed by atoms with Crippen LogP contribution in [0.3, 0.4) is 0 Å². The van der Waals surface area contributed by atoms with Crippen LogP contribution in [0.4, 0.5) is 5.69 Å². The Labute approximate surface area is 73.2 Å². The quantitative estimate of drug-likeness (QED) is 0.518. The second-order valence-corrected chi connectivity index (χ2v) is 2.82. The highest BCUT2D eigenvalue weighted by Gasteiger charge is 1.86. The van der Waals surface area contributed by atoms with Crippen molar-refractivity contribution in [1.82, 2.24) is 0 Å². The van der Waals surface area contributed by atoms with Crippen LogP contribution in [0, 0.1) is 0 Å². The molecule has 0 aromatic heterocycles. The molecule has 0 aliphatic carbocycles. The summed E-state index contributed by atoms with van der Waals surface area (Å²) in [5.74, 6) is 0.944. The first-order valence-electron chi connectivity index (χ1n) is 3.83. The monoisotopic (exact) mass is 167 g/mol. The molecule has 0 fully saturated rings. The van der Waals surface area contributed by atoms with Gasteiger partial charge in [0.1, 0.15) is 0 Å². The molecule has 60 valence electrons. The van der Waals surface area contributed by atoms with Gasteiger partial charge in [-0.2, -0.15) is 12.6 Å². The van der Waals surface area contributed by atoms with E-state index in [9.17, 15) is 0 Å². The highest BCUT2D eigenvalue weighted by Crippen LogP contribution is 2.04. The minimum absolute atomic E-state index is 0.944. The van der Waals surface area contributed by atoms with Crippen LogP contribution in [0.25, 0.3) is 0 Å². The molecule has 1 aromatic rings. The van der Waals surface area contributed by atoms with E-state index in [0.29, 0.717) is 0 Å². The van der Waals surface area contributed by atoms with Gasteiger partial charge in [-0.3, -0.25) is 0 Å². The standard InChI is InChI=1S/C9H13NS/c11-8-4-7-10-9-5-2-1-3-6-9/h1-3,5-6,10-11H,4,7-8H2. The fourth-order valence-corrected chi connectivity index (χ4v) is 1.03. The van der Waals surface area contributed by atoms with E-state index >= 15 is 0 Å². The van der Waals surface area contributed by atoms with Crippen LogP contribution in [-0.4, -0.2) is 12.3 Å². The van der Waals surface area contributed by atoms with Gasteiger partial charge in [0.25, 0.3) is 0 Å². The Bertz CT molecular complexity index is 186. The first-order chi connectivity index (χ1) is 5.43. The van der Waals surface area contributed by atoms with E-state index in [-0.39, 0.29) is 0 Å². The Hall–Kier alpha value is -0.630. The molecule has 0 radical (unpaired) electrons. The zero-order valence-electron chi connectivity index (χ0n) is 6.46. The Balaban J connectivity index is 2.28. The van der Waals surface area contributed by atoms with Crippen LogP contribution in [0.1, 0.15) is 6.42 Å². The zero-order valence-corrected chi connectivity index (χ0v) is 7.35. The molecule has 0 bridgehead atoms. The number of thiol groups is 1. The Morgan fingerprint density at radius 1 is 1.18 bits per heavy atom. The van der Waals surface area contributed by atoms with E-state index in [4.69, 9.17) is 0 Å². The first-order valence-corrected chi connectivity index (χ1v) is 4.46. The van der Waals surface area contributed by atoms with Crippen molar-refractivity contribution < 1.29 is 0 Å². The van der Waals surface area contributed by atoms with E-state index in [0.717, 1.165) is 18.7 Å². The van der Waals surface area contributed by atoms with Crippen molar-refractivity contribution in [3.63, 3.8) is 0 Å². The number of rotatable bonds is 4. The van der Waals surface area contributed by atoms with Crippen LogP contribution in [0.2, 0.25) is 0 Å². The Morgan fingerprint density at radius 2 is 1.91 bits per heavy atom. The van der Waals surface area contributed by atoms with Crippen LogP contribution >= 0.6 is 12.6 Å². The molecule has 0 atom stereocenters. The molecule has 1 aromatic carbocycles. The largest absolute Gasteiger partial charge is 0.385 e. The lowest BCUT2D eigenvalue weighted by atomic mass is 10.3. The van der Waals surface area contributed by atoms with E-state index in [1.54, 1.807) is 0 Å². The van der Waals surface area contributed by atoms with E-state index in [2.05, 4.69) is 30.1 Å². The van der Waals surface area contributed by atoms with Gasteiger partial charge in [-0.1, -0.05) is 18.2 Å². The van der Waals surface area contributed by atoms with Gasteiger partial charge in [-0.05, 0) is 24.3 Å². The average molecular weight is 167 g/mol. The second-order valence-electron chi connectivity index (χ2n) is 2.37. The maximum Gasteiger partial charge on any atom is 0.0340 e. The van der Waals surface area contributed by atoms with Gasteiger partial charge in [-0.25, -0.2) is 0 Å². The molecule has 1 nitrogen and oxygen atoms in total. The summed E-state index contributed by atoms with van der Waals surface area (Å²) in [6, 6.07) is 10.2. The van der Waals surface area contributed by atoms with Crippen molar-refractivity contribution in [2.24, 2.45) is 0 Å². The topological polar surface area (TPSA) is 12.0 Å². The predicted octanol–water partition coefficient (Wildman–Crippen LogP) is 2.42. The summed E-state index contributed by atoms with van der Waals surface area (Å²) in [5.41, 5.74) is 1.19. The summed E-state index contributed by atoms with van der Waals surface area (Å²) < 4.78 is 0. The lowest BCUT2D eigenvalue weighted by molar-refractivity contribution is 0.995. The maximum absolute atomic E-state index is 4.13. The zero-order chi connectivity index (χ0) is 7.94. The molecular weight excluding hydrogens is 154 g/mol. The van der Waals surface area contributed by atoms with Gasteiger partial charge in [0.15, 0.2) is 0 Å². The number of benzene rings is 1. The van der Waals surface area contributed by atoms with Crippen LogP contribution in [0.5, 0.6) is 0 Å². The highest BCUT2D eigenvalue weighted by molar-refractivity contribution is 7.80. The molecule has 1 N–H and O–H groups in total. The third-order valence-corrected chi connectivity index (χ3v) is 1.75. The highest BCUT2D eigenvalue weighted by atomic mass is 32.1. The van der Waals surface area contributed by atoms with Crippen molar-refractivity contribution >= 4 is 18.3 Å². The van der Waals surface area contributed by atoms with Gasteiger partial charge in [0, 0.05) is 12.2 Å². The molecule has 11 heavy (non-hydrogen) atoms. The molecule has 0 saturated carbocycles. The summed E-state index contributed by atoms with van der Waals surface area (Å²) in [6.45, 7) is 1.01. The number of hydrogen-bond acceptors (Lipinski definition) is 2. The van der Waals surface area contributed by atoms with E-state index < -0.39 is 0 Å². The lowest BCUT2D eigenvalue weighted by Gasteiger charge is -2.03. The maximum atomic E-state index is 4.13. The lowest BCUT2D eigenvalue weighted by Crippen LogP contribution is -2.01. The molecule has 0 saturated heterocycles. The van der Waals surface area contributed by atoms with Crippen molar-refractivity contribution in [3.8, 4) is 0 Å². The third-order valence-electron chi connectivity index (χ3n) is 1.44. The van der Waals surface area contributed by atoms with Crippen LogP contribution < -0.4 is 5.32 Å². The minimum Gasteiger partial charge on any atom is -0.385 e. The van der Waals surface area contributed by atoms with E-state index in [1.807, 2.05) is 18.2 Å². The SMILES string of the molecule is SCCCNc1ccccc1. The third kappa shape index (κ3) is 3.33. The average Bonchev–Trinajstić information content (AvgIpc) is 2.07. The Kier molecular flexibility index (Phi) is 3.91. The molecule has 1 rings (SSSR count). The molecule has 0 aliphatic heterocycles. The number of anilines is 1. The fourth-order valence-electron chi connectivity index (χ4n) is 0.868. The molecule has 0 amide bonds. The van der Waals surface area contributed by atoms with Gasteiger partial charge >= 0.3 is 0 Å². The second kappa shape index (κ2) is 5.08. The van der Waals surface area contributed by atoms with Crippen molar-refractivity contribution in [2.45, 2.75) is 6.42 Å². The number of hydrogen-bond donors (Lipinski definition) is 2. The van der Waals surface area contributed by atoms with Crippen molar-refractivity contribution in [2.75, 3.05) is 17.6 Å². The molecule has 0 heterocycles. The molecule has 2 heteroatoms. The molecular formula is C9H13NS. The minimum atomic E-state index is 0.944. The predicted molar refractivity (Wildman–Crippen MR) is 53.4 cm³/mol. The summed E-state index contributed by atoms with van der Waals surface area (Å²) in [4.78, 5) is 0. The summed E-state index contributed by atoms with van der Waals surface area (Å²) in [6.07, 6.45) is 1.11. The first kappa shape index (κ1) is 8.47. The summed E-state index contributed by atoms with van der Waals surface area (Å²) >= 11 is 4.13. The normalized spacial score (nSPS) is 9.55. The number of nitrogens with one attached hydrogen (secondary N) is 1. The van der Waals surface area contributed by atoms with Gasteiger partial charge < -0.3 is 5.32 Å². The van der Waals surface area contributed by atoms with Gasteiger partial charge in [0.05, 0.1) is 0 Å². The van der Waals surface area contributed by atoms with Gasteiger partial charge in [0.2, 0.25) is 0 Å². The molecule has 0 spiro atoms.